The van der Waals surface area contributed by atoms with E-state index >= 15 is 0 Å². The maximum atomic E-state index is 14.1. The number of alkyl halides is 2. The number of rotatable bonds is 10. The highest BCUT2D eigenvalue weighted by Crippen LogP contribution is 2.34. The molecule has 4 aromatic rings. The number of pyridine rings is 1. The topological polar surface area (TPSA) is 110 Å². The first-order valence-electron chi connectivity index (χ1n) is 14.9. The third-order valence-corrected chi connectivity index (χ3v) is 9.75. The third-order valence-electron chi connectivity index (χ3n) is 7.75. The second-order valence-electron chi connectivity index (χ2n) is 11.1. The van der Waals surface area contributed by atoms with Crippen molar-refractivity contribution in [1.29, 1.82) is 5.26 Å². The van der Waals surface area contributed by atoms with Gasteiger partial charge in [0, 0.05) is 31.1 Å². The van der Waals surface area contributed by atoms with Gasteiger partial charge in [-0.3, -0.25) is 9.36 Å². The van der Waals surface area contributed by atoms with Crippen molar-refractivity contribution in [3.05, 3.63) is 113 Å². The Morgan fingerprint density at radius 3 is 2.54 bits per heavy atom. The van der Waals surface area contributed by atoms with Crippen molar-refractivity contribution in [3.63, 3.8) is 0 Å². The van der Waals surface area contributed by atoms with Gasteiger partial charge in [-0.25, -0.2) is 23.6 Å². The van der Waals surface area contributed by atoms with E-state index in [-0.39, 0.29) is 28.5 Å². The van der Waals surface area contributed by atoms with Crippen molar-refractivity contribution < 1.29 is 23.0 Å². The molecule has 2 aromatic heterocycles. The Morgan fingerprint density at radius 1 is 1.19 bits per heavy atom. The summed E-state index contributed by atoms with van der Waals surface area (Å²) in [6.07, 6.45) is -1.02. The fraction of sp³-hybridized carbons (Fsp3) is 0.286. The Bertz CT molecular complexity index is 2130. The zero-order valence-corrected chi connectivity index (χ0v) is 28.8. The van der Waals surface area contributed by atoms with Crippen LogP contribution in [0.25, 0.3) is 6.08 Å². The first-order chi connectivity index (χ1) is 23.0. The Morgan fingerprint density at radius 2 is 1.92 bits per heavy atom. The normalized spacial score (nSPS) is 14.4. The van der Waals surface area contributed by atoms with Gasteiger partial charge < -0.3 is 14.4 Å². The summed E-state index contributed by atoms with van der Waals surface area (Å²) in [5, 5.41) is 9.86. The lowest BCUT2D eigenvalue weighted by molar-refractivity contribution is -0.139. The highest BCUT2D eigenvalue weighted by Gasteiger charge is 2.33. The van der Waals surface area contributed by atoms with E-state index in [1.54, 1.807) is 39.0 Å². The lowest BCUT2D eigenvalue weighted by Crippen LogP contribution is -2.39. The number of thioether (sulfide) groups is 1. The van der Waals surface area contributed by atoms with Crippen molar-refractivity contribution in [2.45, 2.75) is 44.0 Å². The molecule has 0 radical (unpaired) electrons. The lowest BCUT2D eigenvalue weighted by Gasteiger charge is -2.25. The van der Waals surface area contributed by atoms with Gasteiger partial charge in [0.15, 0.2) is 4.80 Å². The smallest absolute Gasteiger partial charge is 0.338 e. The average Bonchev–Trinajstić information content (AvgIpc) is 3.36. The van der Waals surface area contributed by atoms with E-state index in [0.717, 1.165) is 23.0 Å². The number of nitriles is 1. The Hall–Kier alpha value is -4.80. The minimum absolute atomic E-state index is 0.176. The molecule has 1 aliphatic heterocycles. The number of nitrogens with zero attached hydrogens (tertiary/aromatic N) is 5. The van der Waals surface area contributed by atoms with E-state index in [1.807, 2.05) is 49.3 Å². The van der Waals surface area contributed by atoms with Gasteiger partial charge in [0.2, 0.25) is 0 Å². The zero-order valence-electron chi connectivity index (χ0n) is 27.2. The maximum Gasteiger partial charge on any atom is 0.338 e. The highest BCUT2D eigenvalue weighted by atomic mass is 32.2. The molecular formula is C35H33F2N5O4S2. The van der Waals surface area contributed by atoms with Gasteiger partial charge in [0.05, 0.1) is 41.1 Å². The molecule has 0 unspecified atom stereocenters. The summed E-state index contributed by atoms with van der Waals surface area (Å²) in [6, 6.07) is 15.6. The largest absolute Gasteiger partial charge is 0.496 e. The van der Waals surface area contributed by atoms with Crippen LogP contribution in [0.1, 0.15) is 59.8 Å². The number of aryl methyl sites for hydroxylation is 1. The molecule has 0 saturated carbocycles. The monoisotopic (exact) mass is 689 g/mol. The zero-order chi connectivity index (χ0) is 34.7. The Balaban J connectivity index is 1.57. The van der Waals surface area contributed by atoms with Gasteiger partial charge in [-0.1, -0.05) is 29.5 Å². The number of carbonyl (C=O) groups excluding carboxylic acids is 1. The van der Waals surface area contributed by atoms with E-state index in [2.05, 4.69) is 16.0 Å². The molecule has 0 N–H and O–H groups in total. The fourth-order valence-corrected chi connectivity index (χ4v) is 7.47. The standard InChI is InChI=1S/C35H33F2N5O4S2/c1-7-46-34(44)29-20(3)39-35-42(30(29)22-9-11-24(12-10-22)41(4)5)33(43)28(48-35)16-21-8-13-27(45-6)23(15-21)18-47-32-25(17-38)19(2)14-26(40-32)31(36)37/h8-16,30-31H,7,18H2,1-6H3/b28-16-/t30-/m1/s1. The molecule has 3 heterocycles. The molecule has 1 aliphatic rings. The number of fused-ring (bicyclic) bond motifs is 1. The van der Waals surface area contributed by atoms with Crippen molar-refractivity contribution in [2.75, 3.05) is 32.7 Å². The predicted octanol–water partition coefficient (Wildman–Crippen LogP) is 5.68. The average molecular weight is 690 g/mol. The fourth-order valence-electron chi connectivity index (χ4n) is 5.38. The summed E-state index contributed by atoms with van der Waals surface area (Å²) in [7, 11) is 5.39. The number of hydrogen-bond donors (Lipinski definition) is 0. The number of hydrogen-bond acceptors (Lipinski definition) is 10. The van der Waals surface area contributed by atoms with Gasteiger partial charge in [-0.2, -0.15) is 5.26 Å². The van der Waals surface area contributed by atoms with Gasteiger partial charge in [-0.05, 0) is 73.9 Å². The lowest BCUT2D eigenvalue weighted by atomic mass is 9.95. The van der Waals surface area contributed by atoms with Crippen molar-refractivity contribution in [2.24, 2.45) is 4.99 Å². The second kappa shape index (κ2) is 14.5. The number of aromatic nitrogens is 2. The van der Waals surface area contributed by atoms with Gasteiger partial charge in [0.25, 0.3) is 12.0 Å². The number of carbonyl (C=O) groups is 1. The summed E-state index contributed by atoms with van der Waals surface area (Å²) < 4.78 is 39.8. The van der Waals surface area contributed by atoms with Crippen molar-refractivity contribution in [1.82, 2.24) is 9.55 Å². The van der Waals surface area contributed by atoms with Gasteiger partial charge in [0.1, 0.15) is 22.5 Å². The first kappa shape index (κ1) is 34.5. The quantitative estimate of drug-likeness (QED) is 0.155. The van der Waals surface area contributed by atoms with Gasteiger partial charge in [-0.15, -0.1) is 11.8 Å². The highest BCUT2D eigenvalue weighted by molar-refractivity contribution is 7.98. The van der Waals surface area contributed by atoms with Crippen LogP contribution in [-0.2, 0) is 15.3 Å². The third kappa shape index (κ3) is 6.90. The molecule has 5 rings (SSSR count). The molecule has 13 heteroatoms. The molecule has 0 spiro atoms. The Labute approximate surface area is 284 Å². The van der Waals surface area contributed by atoms with Crippen LogP contribution in [0.15, 0.2) is 74.6 Å². The molecule has 0 saturated heterocycles. The number of thiazole rings is 1. The molecule has 0 fully saturated rings. The van der Waals surface area contributed by atoms with Crippen LogP contribution in [-0.4, -0.2) is 43.3 Å². The molecule has 1 atom stereocenters. The number of allylic oxidation sites excluding steroid dienone is 1. The second-order valence-corrected chi connectivity index (χ2v) is 13.1. The molecule has 0 amide bonds. The van der Waals surface area contributed by atoms with E-state index in [9.17, 15) is 23.6 Å². The summed E-state index contributed by atoms with van der Waals surface area (Å²) in [6.45, 7) is 5.25. The molecule has 9 nitrogen and oxygen atoms in total. The van der Waals surface area contributed by atoms with E-state index in [1.165, 1.54) is 29.1 Å². The maximum absolute atomic E-state index is 14.1. The molecule has 248 valence electrons. The molecule has 0 bridgehead atoms. The summed E-state index contributed by atoms with van der Waals surface area (Å²) in [4.78, 5) is 38.4. The molecule has 48 heavy (non-hydrogen) atoms. The van der Waals surface area contributed by atoms with E-state index in [4.69, 9.17) is 9.47 Å². The number of esters is 1. The number of benzene rings is 2. The molecule has 2 aromatic carbocycles. The molecule has 0 aliphatic carbocycles. The van der Waals surface area contributed by atoms with Crippen LogP contribution < -0.4 is 24.5 Å². The van der Waals surface area contributed by atoms with Crippen LogP contribution in [0.2, 0.25) is 0 Å². The van der Waals surface area contributed by atoms with Crippen LogP contribution >= 0.6 is 23.1 Å². The number of methoxy groups -OCH3 is 1. The van der Waals surface area contributed by atoms with E-state index < -0.39 is 24.1 Å². The number of ether oxygens (including phenoxy) is 2. The van der Waals surface area contributed by atoms with Crippen molar-refractivity contribution >= 4 is 40.8 Å². The summed E-state index contributed by atoms with van der Waals surface area (Å²) in [5.41, 5.74) is 3.85. The van der Waals surface area contributed by atoms with Crippen LogP contribution in [0.3, 0.4) is 0 Å². The predicted molar refractivity (Wildman–Crippen MR) is 182 cm³/mol. The first-order valence-corrected chi connectivity index (χ1v) is 16.7. The minimum Gasteiger partial charge on any atom is -0.496 e. The molecular weight excluding hydrogens is 657 g/mol. The number of halogens is 2. The van der Waals surface area contributed by atoms with E-state index in [0.29, 0.717) is 43.0 Å². The minimum atomic E-state index is -2.77. The van der Waals surface area contributed by atoms with Crippen LogP contribution in [0.5, 0.6) is 5.75 Å². The van der Waals surface area contributed by atoms with Crippen LogP contribution in [0.4, 0.5) is 14.5 Å². The van der Waals surface area contributed by atoms with Crippen LogP contribution in [0, 0.1) is 18.3 Å². The van der Waals surface area contributed by atoms with Gasteiger partial charge >= 0.3 is 5.97 Å². The summed E-state index contributed by atoms with van der Waals surface area (Å²) in [5.74, 6) is 0.290. The van der Waals surface area contributed by atoms with Crippen molar-refractivity contribution in [3.8, 4) is 11.8 Å². The Kier molecular flexibility index (Phi) is 10.5. The number of anilines is 1. The summed E-state index contributed by atoms with van der Waals surface area (Å²) >= 11 is 2.37. The SMILES string of the molecule is CCOC(=O)C1=C(C)N=c2s/c(=C\c3ccc(OC)c(CSc4nc(C(F)F)cc(C)c4C#N)c3)c(=O)n2[C@@H]1c1ccc(N(C)C)cc1.